The Morgan fingerprint density at radius 2 is 1.77 bits per heavy atom. The van der Waals surface area contributed by atoms with Gasteiger partial charge >= 0.3 is 0 Å². The SMILES string of the molecule is CC(C)C(O)C1(C#N)CCCCC1. The molecule has 0 aromatic rings. The first-order valence-corrected chi connectivity index (χ1v) is 5.22. The van der Waals surface area contributed by atoms with E-state index in [4.69, 9.17) is 5.26 Å². The lowest BCUT2D eigenvalue weighted by Crippen LogP contribution is -2.39. The second-order valence-corrected chi connectivity index (χ2v) is 4.52. The molecule has 0 amide bonds. The highest BCUT2D eigenvalue weighted by Gasteiger charge is 2.40. The standard InChI is InChI=1S/C11H19NO/c1-9(2)10(13)11(8-12)6-4-3-5-7-11/h9-10,13H,3-7H2,1-2H3. The average Bonchev–Trinajstić information content (AvgIpc) is 2.17. The molecule has 1 aliphatic rings. The lowest BCUT2D eigenvalue weighted by molar-refractivity contribution is 0.00353. The Bertz CT molecular complexity index is 199. The molecule has 0 radical (unpaired) electrons. The van der Waals surface area contributed by atoms with Gasteiger partial charge < -0.3 is 5.11 Å². The summed E-state index contributed by atoms with van der Waals surface area (Å²) in [6.07, 6.45) is 4.71. The molecule has 1 N–H and O–H groups in total. The number of nitriles is 1. The molecule has 0 aliphatic heterocycles. The largest absolute Gasteiger partial charge is 0.391 e. The van der Waals surface area contributed by atoms with Crippen LogP contribution in [0.1, 0.15) is 46.0 Å². The molecule has 2 heteroatoms. The van der Waals surface area contributed by atoms with Gasteiger partial charge in [-0.1, -0.05) is 33.1 Å². The minimum atomic E-state index is -0.446. The minimum Gasteiger partial charge on any atom is -0.391 e. The summed E-state index contributed by atoms with van der Waals surface area (Å²) in [7, 11) is 0. The smallest absolute Gasteiger partial charge is 0.0834 e. The van der Waals surface area contributed by atoms with Gasteiger partial charge in [-0.25, -0.2) is 0 Å². The zero-order chi connectivity index (χ0) is 9.90. The Kier molecular flexibility index (Phi) is 3.33. The maximum absolute atomic E-state index is 9.98. The van der Waals surface area contributed by atoms with Crippen molar-refractivity contribution in [3.63, 3.8) is 0 Å². The van der Waals surface area contributed by atoms with Crippen molar-refractivity contribution in [3.05, 3.63) is 0 Å². The molecule has 13 heavy (non-hydrogen) atoms. The highest BCUT2D eigenvalue weighted by Crippen LogP contribution is 2.40. The molecular formula is C11H19NO. The van der Waals surface area contributed by atoms with Gasteiger partial charge in [-0.05, 0) is 18.8 Å². The molecule has 1 fully saturated rings. The molecule has 1 atom stereocenters. The molecule has 2 nitrogen and oxygen atoms in total. The van der Waals surface area contributed by atoms with Crippen LogP contribution >= 0.6 is 0 Å². The number of rotatable bonds is 2. The molecule has 1 rings (SSSR count). The van der Waals surface area contributed by atoms with E-state index in [9.17, 15) is 5.11 Å². The number of aliphatic hydroxyl groups is 1. The van der Waals surface area contributed by atoms with Crippen LogP contribution < -0.4 is 0 Å². The van der Waals surface area contributed by atoms with Crippen LogP contribution in [0.3, 0.4) is 0 Å². The van der Waals surface area contributed by atoms with E-state index in [0.717, 1.165) is 25.7 Å². The first-order valence-electron chi connectivity index (χ1n) is 5.22. The van der Waals surface area contributed by atoms with Crippen molar-refractivity contribution in [1.29, 1.82) is 5.26 Å². The minimum absolute atomic E-state index is 0.192. The number of hydrogen-bond acceptors (Lipinski definition) is 2. The van der Waals surface area contributed by atoms with E-state index in [1.54, 1.807) is 0 Å². The third-order valence-corrected chi connectivity index (χ3v) is 3.17. The van der Waals surface area contributed by atoms with E-state index in [1.807, 2.05) is 13.8 Å². The van der Waals surface area contributed by atoms with Crippen LogP contribution in [0.2, 0.25) is 0 Å². The lowest BCUT2D eigenvalue weighted by atomic mass is 9.68. The van der Waals surface area contributed by atoms with Crippen LogP contribution in [-0.2, 0) is 0 Å². The molecule has 74 valence electrons. The van der Waals surface area contributed by atoms with Crippen LogP contribution in [0.25, 0.3) is 0 Å². The van der Waals surface area contributed by atoms with E-state index in [-0.39, 0.29) is 5.92 Å². The van der Waals surface area contributed by atoms with E-state index in [0.29, 0.717) is 0 Å². The second kappa shape index (κ2) is 4.11. The molecule has 0 aromatic heterocycles. The Labute approximate surface area is 80.6 Å². The highest BCUT2D eigenvalue weighted by molar-refractivity contribution is 5.05. The third-order valence-electron chi connectivity index (χ3n) is 3.17. The summed E-state index contributed by atoms with van der Waals surface area (Å²) in [5, 5.41) is 19.1. The Hall–Kier alpha value is -0.550. The Morgan fingerprint density at radius 1 is 1.23 bits per heavy atom. The second-order valence-electron chi connectivity index (χ2n) is 4.52. The molecule has 0 heterocycles. The maximum Gasteiger partial charge on any atom is 0.0834 e. The van der Waals surface area contributed by atoms with Gasteiger partial charge in [-0.3, -0.25) is 0 Å². The summed E-state index contributed by atoms with van der Waals surface area (Å²) < 4.78 is 0. The quantitative estimate of drug-likeness (QED) is 0.711. The summed E-state index contributed by atoms with van der Waals surface area (Å²) in [5.74, 6) is 0.192. The van der Waals surface area contributed by atoms with Gasteiger partial charge in [-0.15, -0.1) is 0 Å². The normalized spacial score (nSPS) is 23.9. The van der Waals surface area contributed by atoms with E-state index in [2.05, 4.69) is 6.07 Å². The monoisotopic (exact) mass is 181 g/mol. The van der Waals surface area contributed by atoms with E-state index >= 15 is 0 Å². The average molecular weight is 181 g/mol. The zero-order valence-corrected chi connectivity index (χ0v) is 8.58. The van der Waals surface area contributed by atoms with Crippen LogP contribution in [0.15, 0.2) is 0 Å². The van der Waals surface area contributed by atoms with Crippen molar-refractivity contribution >= 4 is 0 Å². The molecule has 0 bridgehead atoms. The van der Waals surface area contributed by atoms with Crippen LogP contribution in [0.5, 0.6) is 0 Å². The van der Waals surface area contributed by atoms with Crippen molar-refractivity contribution in [3.8, 4) is 6.07 Å². The molecular weight excluding hydrogens is 162 g/mol. The van der Waals surface area contributed by atoms with Gasteiger partial charge in [0.05, 0.1) is 17.6 Å². The zero-order valence-electron chi connectivity index (χ0n) is 8.58. The van der Waals surface area contributed by atoms with Crippen LogP contribution in [0.4, 0.5) is 0 Å². The first-order chi connectivity index (χ1) is 6.12. The molecule has 0 aromatic carbocycles. The summed E-state index contributed by atoms with van der Waals surface area (Å²) in [6, 6.07) is 2.35. The van der Waals surface area contributed by atoms with Gasteiger partial charge in [0, 0.05) is 0 Å². The summed E-state index contributed by atoms with van der Waals surface area (Å²) >= 11 is 0. The van der Waals surface area contributed by atoms with Crippen LogP contribution in [0, 0.1) is 22.7 Å². The third kappa shape index (κ3) is 2.03. The fraction of sp³-hybridized carbons (Fsp3) is 0.909. The fourth-order valence-electron chi connectivity index (χ4n) is 2.29. The summed E-state index contributed by atoms with van der Waals surface area (Å²) in [6.45, 7) is 3.97. The molecule has 1 aliphatic carbocycles. The van der Waals surface area contributed by atoms with Crippen LogP contribution in [-0.4, -0.2) is 11.2 Å². The van der Waals surface area contributed by atoms with Crippen molar-refractivity contribution in [1.82, 2.24) is 0 Å². The first kappa shape index (κ1) is 10.5. The van der Waals surface area contributed by atoms with E-state index in [1.165, 1.54) is 6.42 Å². The Balaban J connectivity index is 2.74. The predicted molar refractivity (Wildman–Crippen MR) is 52.0 cm³/mol. The predicted octanol–water partition coefficient (Wildman–Crippen LogP) is 2.48. The molecule has 1 saturated carbocycles. The van der Waals surface area contributed by atoms with Gasteiger partial charge in [0.15, 0.2) is 0 Å². The molecule has 0 saturated heterocycles. The summed E-state index contributed by atoms with van der Waals surface area (Å²) in [4.78, 5) is 0. The van der Waals surface area contributed by atoms with E-state index < -0.39 is 11.5 Å². The number of hydrogen-bond donors (Lipinski definition) is 1. The molecule has 0 spiro atoms. The van der Waals surface area contributed by atoms with Gasteiger partial charge in [0.25, 0.3) is 0 Å². The van der Waals surface area contributed by atoms with Gasteiger partial charge in [0.1, 0.15) is 0 Å². The van der Waals surface area contributed by atoms with Crippen molar-refractivity contribution < 1.29 is 5.11 Å². The maximum atomic E-state index is 9.98. The van der Waals surface area contributed by atoms with Gasteiger partial charge in [-0.2, -0.15) is 5.26 Å². The fourth-order valence-corrected chi connectivity index (χ4v) is 2.29. The number of nitrogens with zero attached hydrogens (tertiary/aromatic N) is 1. The topological polar surface area (TPSA) is 44.0 Å². The van der Waals surface area contributed by atoms with Crippen molar-refractivity contribution in [2.45, 2.75) is 52.1 Å². The molecule has 1 unspecified atom stereocenters. The van der Waals surface area contributed by atoms with Crippen molar-refractivity contribution in [2.75, 3.05) is 0 Å². The number of aliphatic hydroxyl groups excluding tert-OH is 1. The van der Waals surface area contributed by atoms with Crippen molar-refractivity contribution in [2.24, 2.45) is 11.3 Å². The Morgan fingerprint density at radius 3 is 2.15 bits per heavy atom. The summed E-state index contributed by atoms with van der Waals surface area (Å²) in [5.41, 5.74) is -0.438. The highest BCUT2D eigenvalue weighted by atomic mass is 16.3. The van der Waals surface area contributed by atoms with Gasteiger partial charge in [0.2, 0.25) is 0 Å². The lowest BCUT2D eigenvalue weighted by Gasteiger charge is -2.36.